The minimum absolute atomic E-state index is 0.0813. The molecular formula is C27H23F2N5O4. The van der Waals surface area contributed by atoms with Crippen LogP contribution in [0.2, 0.25) is 0 Å². The fourth-order valence-corrected chi connectivity index (χ4v) is 4.03. The van der Waals surface area contributed by atoms with E-state index in [0.29, 0.717) is 40.0 Å². The first-order chi connectivity index (χ1) is 18.3. The molecule has 2 aromatic carbocycles. The van der Waals surface area contributed by atoms with Crippen LogP contribution in [-0.2, 0) is 4.74 Å². The number of aromatic nitrogens is 2. The Bertz CT molecular complexity index is 1570. The van der Waals surface area contributed by atoms with Gasteiger partial charge in [-0.1, -0.05) is 6.92 Å². The number of nitrogens with one attached hydrogen (secondary N) is 2. The van der Waals surface area contributed by atoms with Crippen molar-refractivity contribution in [1.29, 1.82) is 5.26 Å². The van der Waals surface area contributed by atoms with E-state index in [-0.39, 0.29) is 30.7 Å². The average molecular weight is 520 g/mol. The molecule has 9 nitrogen and oxygen atoms in total. The summed E-state index contributed by atoms with van der Waals surface area (Å²) in [4.78, 5) is 11.5. The molecule has 0 fully saturated rings. The van der Waals surface area contributed by atoms with Crippen molar-refractivity contribution in [3.63, 3.8) is 0 Å². The number of hydrogen-bond acceptors (Lipinski definition) is 8. The number of H-pyrrole nitrogens is 1. The molecular weight excluding hydrogens is 496 g/mol. The van der Waals surface area contributed by atoms with Crippen LogP contribution < -0.4 is 14.8 Å². The highest BCUT2D eigenvalue weighted by Crippen LogP contribution is 2.40. The molecule has 1 atom stereocenters. The molecule has 0 spiro atoms. The number of fused-ring (bicyclic) bond motifs is 1. The van der Waals surface area contributed by atoms with Crippen LogP contribution >= 0.6 is 0 Å². The van der Waals surface area contributed by atoms with E-state index in [1.807, 2.05) is 6.92 Å². The molecule has 0 saturated heterocycles. The summed E-state index contributed by atoms with van der Waals surface area (Å²) in [5.74, 6) is -1.84. The monoisotopic (exact) mass is 519 g/mol. The van der Waals surface area contributed by atoms with Gasteiger partial charge >= 0.3 is 0 Å². The van der Waals surface area contributed by atoms with E-state index < -0.39 is 22.8 Å². The van der Waals surface area contributed by atoms with Gasteiger partial charge in [-0.15, -0.1) is 0 Å². The van der Waals surface area contributed by atoms with Gasteiger partial charge in [-0.05, 0) is 24.3 Å². The van der Waals surface area contributed by atoms with Crippen molar-refractivity contribution in [2.45, 2.75) is 6.92 Å². The molecule has 194 valence electrons. The minimum Gasteiger partial charge on any atom is -0.497 e. The van der Waals surface area contributed by atoms with Crippen LogP contribution in [0.15, 0.2) is 53.8 Å². The molecule has 0 unspecified atom stereocenters. The van der Waals surface area contributed by atoms with Gasteiger partial charge in [0, 0.05) is 46.8 Å². The number of rotatable bonds is 6. The van der Waals surface area contributed by atoms with Gasteiger partial charge in [-0.25, -0.2) is 18.8 Å². The third-order valence-electron chi connectivity index (χ3n) is 6.18. The summed E-state index contributed by atoms with van der Waals surface area (Å²) in [6, 6.07) is 10.9. The summed E-state index contributed by atoms with van der Waals surface area (Å²) < 4.78 is 46.6. The van der Waals surface area contributed by atoms with Crippen LogP contribution in [0.1, 0.15) is 12.5 Å². The number of aliphatic imine (C=N–C) groups is 1. The van der Waals surface area contributed by atoms with Crippen LogP contribution in [0.5, 0.6) is 17.2 Å². The summed E-state index contributed by atoms with van der Waals surface area (Å²) in [6.07, 6.45) is 3.10. The largest absolute Gasteiger partial charge is 0.497 e. The Morgan fingerprint density at radius 3 is 2.66 bits per heavy atom. The molecule has 0 radical (unpaired) electrons. The van der Waals surface area contributed by atoms with Crippen molar-refractivity contribution in [2.24, 2.45) is 10.4 Å². The van der Waals surface area contributed by atoms with Gasteiger partial charge in [-0.3, -0.25) is 0 Å². The Morgan fingerprint density at radius 2 is 2.00 bits per heavy atom. The van der Waals surface area contributed by atoms with Gasteiger partial charge in [0.25, 0.3) is 6.02 Å². The van der Waals surface area contributed by atoms with Gasteiger partial charge in [0.1, 0.15) is 23.8 Å². The van der Waals surface area contributed by atoms with Crippen molar-refractivity contribution in [3.05, 3.63) is 66.0 Å². The number of aliphatic hydroxyl groups excluding tert-OH is 1. The standard InChI is InChI=1S/C27H23F2N5O4/c1-27(13-35)12-33-26(37-14-27)34-16-8-20(28)24(21(29)9-16)38-22-5-6-31-25-23(22)19(11-32-25)18-4-3-17(36-2)7-15(18)10-30/h3-9,11,35H,12-14H2,1-2H3,(H,31,32)(H,33,34)/t27-/m1/s1. The summed E-state index contributed by atoms with van der Waals surface area (Å²) in [7, 11) is 1.50. The zero-order chi connectivity index (χ0) is 26.9. The third-order valence-corrected chi connectivity index (χ3v) is 6.18. The first kappa shape index (κ1) is 25.0. The normalized spacial score (nSPS) is 16.9. The van der Waals surface area contributed by atoms with Crippen LogP contribution in [0.3, 0.4) is 0 Å². The molecule has 4 aromatic rings. The molecule has 0 aliphatic carbocycles. The van der Waals surface area contributed by atoms with Gasteiger partial charge in [0.15, 0.2) is 17.4 Å². The number of amidine groups is 1. The highest BCUT2D eigenvalue weighted by atomic mass is 19.1. The number of hydrogen-bond donors (Lipinski definition) is 3. The van der Waals surface area contributed by atoms with Crippen molar-refractivity contribution in [2.75, 3.05) is 32.2 Å². The van der Waals surface area contributed by atoms with E-state index >= 15 is 8.78 Å². The number of nitrogens with zero attached hydrogens (tertiary/aromatic N) is 3. The number of aromatic amines is 1. The number of ether oxygens (including phenoxy) is 3. The first-order valence-electron chi connectivity index (χ1n) is 11.6. The Labute approximate surface area is 216 Å². The lowest BCUT2D eigenvalue weighted by molar-refractivity contribution is 0.0706. The highest BCUT2D eigenvalue weighted by molar-refractivity contribution is 5.99. The lowest BCUT2D eigenvalue weighted by Gasteiger charge is -2.30. The van der Waals surface area contributed by atoms with Crippen LogP contribution in [0.4, 0.5) is 14.5 Å². The second-order valence-electron chi connectivity index (χ2n) is 9.13. The van der Waals surface area contributed by atoms with E-state index in [1.165, 1.54) is 19.4 Å². The Balaban J connectivity index is 1.47. The number of methoxy groups -OCH3 is 1. The summed E-state index contributed by atoms with van der Waals surface area (Å²) in [6.45, 7) is 2.23. The summed E-state index contributed by atoms with van der Waals surface area (Å²) in [5, 5.41) is 22.3. The van der Waals surface area contributed by atoms with E-state index in [4.69, 9.17) is 14.2 Å². The van der Waals surface area contributed by atoms with Crippen molar-refractivity contribution < 1.29 is 28.1 Å². The fraction of sp³-hybridized carbons (Fsp3) is 0.222. The van der Waals surface area contributed by atoms with Crippen LogP contribution in [0, 0.1) is 28.4 Å². The molecule has 2 aromatic heterocycles. The second kappa shape index (κ2) is 9.99. The van der Waals surface area contributed by atoms with E-state index in [9.17, 15) is 10.4 Å². The van der Waals surface area contributed by atoms with E-state index in [1.54, 1.807) is 24.4 Å². The number of aliphatic hydroxyl groups is 1. The lowest BCUT2D eigenvalue weighted by atomic mass is 9.93. The van der Waals surface area contributed by atoms with Gasteiger partial charge in [-0.2, -0.15) is 5.26 Å². The maximum absolute atomic E-state index is 15.1. The molecule has 11 heteroatoms. The van der Waals surface area contributed by atoms with Crippen LogP contribution in [0.25, 0.3) is 22.2 Å². The highest BCUT2D eigenvalue weighted by Gasteiger charge is 2.29. The third kappa shape index (κ3) is 4.69. The van der Waals surface area contributed by atoms with E-state index in [2.05, 4.69) is 26.3 Å². The Hall–Kier alpha value is -4.69. The summed E-state index contributed by atoms with van der Waals surface area (Å²) in [5.41, 5.74) is 1.48. The van der Waals surface area contributed by atoms with Gasteiger partial charge in [0.2, 0.25) is 0 Å². The molecule has 1 aliphatic rings. The minimum atomic E-state index is -0.951. The maximum atomic E-state index is 15.1. The Morgan fingerprint density at radius 1 is 1.21 bits per heavy atom. The second-order valence-corrected chi connectivity index (χ2v) is 9.13. The van der Waals surface area contributed by atoms with Crippen LogP contribution in [-0.4, -0.2) is 48.0 Å². The number of benzene rings is 2. The lowest BCUT2D eigenvalue weighted by Crippen LogP contribution is -2.38. The number of pyridine rings is 1. The number of anilines is 1. The molecule has 0 amide bonds. The zero-order valence-electron chi connectivity index (χ0n) is 20.5. The van der Waals surface area contributed by atoms with Crippen molar-refractivity contribution >= 4 is 22.7 Å². The van der Waals surface area contributed by atoms with E-state index in [0.717, 1.165) is 12.1 Å². The quantitative estimate of drug-likeness (QED) is 0.328. The summed E-state index contributed by atoms with van der Waals surface area (Å²) >= 11 is 0. The fourth-order valence-electron chi connectivity index (χ4n) is 4.03. The Kier molecular flexibility index (Phi) is 6.57. The van der Waals surface area contributed by atoms with Gasteiger partial charge < -0.3 is 29.6 Å². The molecule has 1 aliphatic heterocycles. The molecule has 3 N–H and O–H groups in total. The average Bonchev–Trinajstić information content (AvgIpc) is 3.36. The van der Waals surface area contributed by atoms with Crippen molar-refractivity contribution in [1.82, 2.24) is 9.97 Å². The zero-order valence-corrected chi connectivity index (χ0v) is 20.5. The molecule has 3 heterocycles. The SMILES string of the molecule is COc1ccc(-c2c[nH]c3nccc(Oc4c(F)cc(NC5=NC[C@](C)(CO)CO5)cc4F)c23)c(C#N)c1. The topological polar surface area (TPSA) is 125 Å². The molecule has 0 saturated carbocycles. The number of halogens is 2. The molecule has 0 bridgehead atoms. The predicted octanol–water partition coefficient (Wildman–Crippen LogP) is 4.98. The predicted molar refractivity (Wildman–Crippen MR) is 136 cm³/mol. The molecule has 5 rings (SSSR count). The van der Waals surface area contributed by atoms with Crippen molar-refractivity contribution in [3.8, 4) is 34.4 Å². The smallest absolute Gasteiger partial charge is 0.289 e. The maximum Gasteiger partial charge on any atom is 0.289 e. The van der Waals surface area contributed by atoms with Gasteiger partial charge in [0.05, 0.1) is 37.3 Å². The number of nitriles is 1. The first-order valence-corrected chi connectivity index (χ1v) is 11.6. The molecule has 38 heavy (non-hydrogen) atoms.